The molecular weight excluding hydrogens is 322 g/mol. The van der Waals surface area contributed by atoms with Gasteiger partial charge < -0.3 is 0 Å². The summed E-state index contributed by atoms with van der Waals surface area (Å²) >= 11 is 0. The van der Waals surface area contributed by atoms with Crippen molar-refractivity contribution >= 4 is 22.9 Å². The van der Waals surface area contributed by atoms with Gasteiger partial charge in [-0.2, -0.15) is 0 Å². The lowest BCUT2D eigenvalue weighted by atomic mass is 10.2. The highest BCUT2D eigenvalue weighted by atomic mass is 15.7. The van der Waals surface area contributed by atoms with Gasteiger partial charge in [0.15, 0.2) is 5.82 Å². The third-order valence-electron chi connectivity index (χ3n) is 3.91. The number of rotatable bonds is 5. The maximum absolute atomic E-state index is 4.25. The summed E-state index contributed by atoms with van der Waals surface area (Å²) < 4.78 is 0. The fourth-order valence-electron chi connectivity index (χ4n) is 2.79. The number of para-hydroxylation sites is 3. The average Bonchev–Trinajstić information content (AvgIpc) is 2.74. The van der Waals surface area contributed by atoms with E-state index in [1.807, 2.05) is 77.8 Å². The van der Waals surface area contributed by atoms with Gasteiger partial charge >= 0.3 is 0 Å². The zero-order chi connectivity index (χ0) is 17.6. The van der Waals surface area contributed by atoms with E-state index in [-0.39, 0.29) is 0 Å². The first kappa shape index (κ1) is 15.8. The van der Waals surface area contributed by atoms with Gasteiger partial charge in [0.1, 0.15) is 0 Å². The van der Waals surface area contributed by atoms with Gasteiger partial charge in [-0.05, 0) is 41.6 Å². The first-order valence-electron chi connectivity index (χ1n) is 8.33. The Morgan fingerprint density at radius 1 is 0.500 bits per heavy atom. The van der Waals surface area contributed by atoms with E-state index in [0.29, 0.717) is 5.82 Å². The van der Waals surface area contributed by atoms with Crippen LogP contribution in [0.25, 0.3) is 0 Å². The molecule has 126 valence electrons. The highest BCUT2D eigenvalue weighted by molar-refractivity contribution is 5.75. The summed E-state index contributed by atoms with van der Waals surface area (Å²) in [4.78, 5) is 0. The van der Waals surface area contributed by atoms with Crippen LogP contribution in [0.3, 0.4) is 0 Å². The number of hydrazine groups is 1. The normalized spacial score (nSPS) is 10.3. The molecule has 0 unspecified atom stereocenters. The van der Waals surface area contributed by atoms with Crippen molar-refractivity contribution in [1.82, 2.24) is 15.4 Å². The predicted molar refractivity (Wildman–Crippen MR) is 103 cm³/mol. The topological polar surface area (TPSA) is 45.2 Å². The van der Waals surface area contributed by atoms with Crippen LogP contribution >= 0.6 is 0 Å². The SMILES string of the molecule is c1ccc(N(c2ccccc2)N(c2ccccc2)c2ccnnn2)cc1. The van der Waals surface area contributed by atoms with Crippen LogP contribution in [0.1, 0.15) is 0 Å². The Labute approximate surface area is 152 Å². The first-order chi connectivity index (χ1) is 12.9. The number of hydrogen-bond donors (Lipinski definition) is 0. The Hall–Kier alpha value is -3.73. The van der Waals surface area contributed by atoms with Gasteiger partial charge in [0, 0.05) is 6.07 Å². The molecule has 0 aliphatic heterocycles. The summed E-state index contributed by atoms with van der Waals surface area (Å²) in [6.07, 6.45) is 1.65. The summed E-state index contributed by atoms with van der Waals surface area (Å²) in [6, 6.07) is 32.3. The molecule has 0 aliphatic rings. The monoisotopic (exact) mass is 339 g/mol. The minimum absolute atomic E-state index is 0.680. The molecule has 0 N–H and O–H groups in total. The number of nitrogens with zero attached hydrogens (tertiary/aromatic N) is 5. The highest BCUT2D eigenvalue weighted by Gasteiger charge is 2.22. The average molecular weight is 339 g/mol. The Bertz CT molecular complexity index is 771. The van der Waals surface area contributed by atoms with Crippen LogP contribution in [0, 0.1) is 0 Å². The van der Waals surface area contributed by atoms with Gasteiger partial charge in [0.2, 0.25) is 0 Å². The van der Waals surface area contributed by atoms with Crippen LogP contribution in [0.2, 0.25) is 0 Å². The molecule has 0 fully saturated rings. The minimum atomic E-state index is 0.680. The lowest BCUT2D eigenvalue weighted by Crippen LogP contribution is -2.36. The van der Waals surface area contributed by atoms with Gasteiger partial charge in [0.25, 0.3) is 0 Å². The molecule has 0 aliphatic carbocycles. The molecule has 0 spiro atoms. The van der Waals surface area contributed by atoms with Crippen molar-refractivity contribution < 1.29 is 0 Å². The van der Waals surface area contributed by atoms with E-state index in [2.05, 4.69) is 44.7 Å². The third-order valence-corrected chi connectivity index (χ3v) is 3.91. The molecule has 4 aromatic rings. The summed E-state index contributed by atoms with van der Waals surface area (Å²) in [7, 11) is 0. The van der Waals surface area contributed by atoms with Gasteiger partial charge in [-0.1, -0.05) is 54.6 Å². The highest BCUT2D eigenvalue weighted by Crippen LogP contribution is 2.34. The minimum Gasteiger partial charge on any atom is -0.248 e. The zero-order valence-electron chi connectivity index (χ0n) is 14.1. The lowest BCUT2D eigenvalue weighted by Gasteiger charge is -2.37. The summed E-state index contributed by atoms with van der Waals surface area (Å²) in [5.41, 5.74) is 3.00. The smallest absolute Gasteiger partial charge is 0.178 e. The molecule has 26 heavy (non-hydrogen) atoms. The standard InChI is InChI=1S/C21H17N5/c1-4-10-18(11-5-1)25(19-12-6-2-7-13-19)26(20-14-8-3-9-15-20)21-16-17-22-24-23-21/h1-17H. The summed E-state index contributed by atoms with van der Waals surface area (Å²) in [5.74, 6) is 0.680. The Morgan fingerprint density at radius 3 is 1.38 bits per heavy atom. The van der Waals surface area contributed by atoms with Crippen molar-refractivity contribution in [3.05, 3.63) is 103 Å². The molecule has 1 heterocycles. The second-order valence-electron chi connectivity index (χ2n) is 5.61. The van der Waals surface area contributed by atoms with E-state index in [0.717, 1.165) is 17.1 Å². The lowest BCUT2D eigenvalue weighted by molar-refractivity contribution is 0.832. The van der Waals surface area contributed by atoms with Crippen LogP contribution < -0.4 is 10.0 Å². The van der Waals surface area contributed by atoms with Crippen molar-refractivity contribution in [2.75, 3.05) is 10.0 Å². The summed E-state index contributed by atoms with van der Waals surface area (Å²) in [6.45, 7) is 0. The van der Waals surface area contributed by atoms with Crippen molar-refractivity contribution in [3.8, 4) is 0 Å². The van der Waals surface area contributed by atoms with Crippen LogP contribution in [0.4, 0.5) is 22.9 Å². The fraction of sp³-hybridized carbons (Fsp3) is 0. The molecule has 1 aromatic heterocycles. The summed E-state index contributed by atoms with van der Waals surface area (Å²) in [5, 5.41) is 16.0. The molecule has 3 aromatic carbocycles. The Balaban J connectivity index is 1.93. The molecule has 0 bridgehead atoms. The number of aromatic nitrogens is 3. The van der Waals surface area contributed by atoms with E-state index in [1.54, 1.807) is 6.20 Å². The largest absolute Gasteiger partial charge is 0.248 e. The van der Waals surface area contributed by atoms with Gasteiger partial charge in [-0.25, -0.2) is 10.0 Å². The molecule has 5 heteroatoms. The molecular formula is C21H17N5. The van der Waals surface area contributed by atoms with Gasteiger partial charge in [-0.15, -0.1) is 10.2 Å². The van der Waals surface area contributed by atoms with E-state index < -0.39 is 0 Å². The molecule has 0 saturated carbocycles. The molecule has 5 nitrogen and oxygen atoms in total. The zero-order valence-corrected chi connectivity index (χ0v) is 14.1. The van der Waals surface area contributed by atoms with Crippen molar-refractivity contribution in [2.24, 2.45) is 0 Å². The van der Waals surface area contributed by atoms with E-state index >= 15 is 0 Å². The van der Waals surface area contributed by atoms with Crippen LogP contribution in [0.5, 0.6) is 0 Å². The first-order valence-corrected chi connectivity index (χ1v) is 8.33. The molecule has 4 rings (SSSR count). The van der Waals surface area contributed by atoms with Crippen molar-refractivity contribution in [3.63, 3.8) is 0 Å². The molecule has 0 saturated heterocycles. The molecule has 0 atom stereocenters. The van der Waals surface area contributed by atoms with E-state index in [4.69, 9.17) is 0 Å². The predicted octanol–water partition coefficient (Wildman–Crippen LogP) is 4.76. The number of anilines is 4. The van der Waals surface area contributed by atoms with Gasteiger partial charge in [-0.3, -0.25) is 0 Å². The van der Waals surface area contributed by atoms with Gasteiger partial charge in [0.05, 0.1) is 23.3 Å². The Morgan fingerprint density at radius 2 is 0.962 bits per heavy atom. The third kappa shape index (κ3) is 3.23. The Kier molecular flexibility index (Phi) is 4.52. The van der Waals surface area contributed by atoms with Crippen LogP contribution in [-0.2, 0) is 0 Å². The second-order valence-corrected chi connectivity index (χ2v) is 5.61. The van der Waals surface area contributed by atoms with E-state index in [1.165, 1.54) is 0 Å². The van der Waals surface area contributed by atoms with Crippen LogP contribution in [-0.4, -0.2) is 15.4 Å². The number of hydrogen-bond acceptors (Lipinski definition) is 5. The maximum Gasteiger partial charge on any atom is 0.178 e. The second kappa shape index (κ2) is 7.44. The van der Waals surface area contributed by atoms with E-state index in [9.17, 15) is 0 Å². The fourth-order valence-corrected chi connectivity index (χ4v) is 2.79. The number of benzene rings is 3. The molecule has 0 amide bonds. The van der Waals surface area contributed by atoms with Crippen molar-refractivity contribution in [1.29, 1.82) is 0 Å². The maximum atomic E-state index is 4.25. The van der Waals surface area contributed by atoms with Crippen molar-refractivity contribution in [2.45, 2.75) is 0 Å². The quantitative estimate of drug-likeness (QED) is 0.490. The molecule has 0 radical (unpaired) electrons. The van der Waals surface area contributed by atoms with Crippen LogP contribution in [0.15, 0.2) is 103 Å².